The van der Waals surface area contributed by atoms with Crippen LogP contribution in [0, 0.1) is 0 Å². The second-order valence-corrected chi connectivity index (χ2v) is 8.00. The summed E-state index contributed by atoms with van der Waals surface area (Å²) in [5, 5.41) is 3.21. The van der Waals surface area contributed by atoms with Crippen LogP contribution in [0.1, 0.15) is 24.9 Å². The summed E-state index contributed by atoms with van der Waals surface area (Å²) in [4.78, 5) is 0.413. The van der Waals surface area contributed by atoms with E-state index >= 15 is 0 Å². The van der Waals surface area contributed by atoms with Crippen LogP contribution in [0.2, 0.25) is 0 Å². The summed E-state index contributed by atoms with van der Waals surface area (Å²) in [6.45, 7) is 3.31. The van der Waals surface area contributed by atoms with Crippen molar-refractivity contribution in [2.75, 3.05) is 31.6 Å². The van der Waals surface area contributed by atoms with Gasteiger partial charge in [0.05, 0.1) is 4.90 Å². The zero-order valence-corrected chi connectivity index (χ0v) is 13.6. The fourth-order valence-electron chi connectivity index (χ4n) is 2.43. The third-order valence-electron chi connectivity index (χ3n) is 3.62. The third kappa shape index (κ3) is 3.36. The quantitative estimate of drug-likeness (QED) is 0.904. The Morgan fingerprint density at radius 2 is 2.05 bits per heavy atom. The van der Waals surface area contributed by atoms with Gasteiger partial charge in [0.2, 0.25) is 10.0 Å². The lowest BCUT2D eigenvalue weighted by atomic mass is 10.1. The number of hydrogen-bond donors (Lipinski definition) is 1. The molecule has 1 saturated heterocycles. The van der Waals surface area contributed by atoms with E-state index in [2.05, 4.69) is 12.2 Å². The largest absolute Gasteiger partial charge is 0.313 e. The molecule has 4 nitrogen and oxygen atoms in total. The maximum atomic E-state index is 12.6. The summed E-state index contributed by atoms with van der Waals surface area (Å²) in [5.41, 5.74) is 1.03. The lowest BCUT2D eigenvalue weighted by Crippen LogP contribution is -2.37. The van der Waals surface area contributed by atoms with E-state index < -0.39 is 10.0 Å². The monoisotopic (exact) mass is 314 g/mol. The van der Waals surface area contributed by atoms with Gasteiger partial charge in [0.15, 0.2) is 0 Å². The molecule has 1 aliphatic heterocycles. The van der Waals surface area contributed by atoms with E-state index in [9.17, 15) is 8.42 Å². The van der Waals surface area contributed by atoms with Gasteiger partial charge in [0.1, 0.15) is 0 Å². The molecule has 0 spiro atoms. The smallest absolute Gasteiger partial charge is 0.243 e. The first-order valence-electron chi connectivity index (χ1n) is 6.94. The van der Waals surface area contributed by atoms with Crippen molar-refractivity contribution in [3.63, 3.8) is 0 Å². The first-order valence-corrected chi connectivity index (χ1v) is 9.54. The molecule has 1 N–H and O–H groups in total. The molecule has 1 aliphatic rings. The first kappa shape index (κ1) is 15.8. The highest BCUT2D eigenvalue weighted by molar-refractivity contribution is 7.99. The summed E-state index contributed by atoms with van der Waals surface area (Å²) in [5.74, 6) is 1.76. The van der Waals surface area contributed by atoms with Gasteiger partial charge in [-0.15, -0.1) is 0 Å². The third-order valence-corrected chi connectivity index (χ3v) is 6.46. The van der Waals surface area contributed by atoms with Crippen LogP contribution in [0.4, 0.5) is 0 Å². The Morgan fingerprint density at radius 3 is 2.65 bits per heavy atom. The second-order valence-electron chi connectivity index (χ2n) is 4.84. The number of sulfonamides is 1. The Hall–Kier alpha value is -0.560. The number of nitrogens with one attached hydrogen (secondary N) is 1. The van der Waals surface area contributed by atoms with E-state index in [0.717, 1.165) is 23.5 Å². The number of thioether (sulfide) groups is 1. The van der Waals surface area contributed by atoms with Crippen molar-refractivity contribution in [1.82, 2.24) is 9.62 Å². The van der Waals surface area contributed by atoms with E-state index in [1.165, 1.54) is 0 Å². The van der Waals surface area contributed by atoms with E-state index in [4.69, 9.17) is 0 Å². The SMILES string of the molecule is CCC(NC)c1cccc(S(=O)(=O)N2CCSCC2)c1. The summed E-state index contributed by atoms with van der Waals surface area (Å²) in [6.07, 6.45) is 0.931. The standard InChI is InChI=1S/C14H22N2O2S2/c1-3-14(15-2)12-5-4-6-13(11-12)20(17,18)16-7-9-19-10-8-16/h4-6,11,14-15H,3,7-10H2,1-2H3. The first-order chi connectivity index (χ1) is 9.59. The van der Waals surface area contributed by atoms with Crippen LogP contribution in [0.3, 0.4) is 0 Å². The minimum absolute atomic E-state index is 0.196. The molecular formula is C14H22N2O2S2. The van der Waals surface area contributed by atoms with Crippen LogP contribution in [0.25, 0.3) is 0 Å². The van der Waals surface area contributed by atoms with Crippen LogP contribution >= 0.6 is 11.8 Å². The average Bonchev–Trinajstić information content (AvgIpc) is 2.50. The topological polar surface area (TPSA) is 49.4 Å². The van der Waals surface area contributed by atoms with Gasteiger partial charge in [-0.25, -0.2) is 8.42 Å². The Kier molecular flexibility index (Phi) is 5.49. The van der Waals surface area contributed by atoms with Gasteiger partial charge < -0.3 is 5.32 Å². The van der Waals surface area contributed by atoms with E-state index in [0.29, 0.717) is 18.0 Å². The van der Waals surface area contributed by atoms with Crippen LogP contribution in [-0.2, 0) is 10.0 Å². The molecule has 0 aromatic heterocycles. The van der Waals surface area contributed by atoms with Gasteiger partial charge >= 0.3 is 0 Å². The zero-order valence-electron chi connectivity index (χ0n) is 12.0. The molecule has 0 aliphatic carbocycles. The van der Waals surface area contributed by atoms with Crippen LogP contribution < -0.4 is 5.32 Å². The van der Waals surface area contributed by atoms with Crippen molar-refractivity contribution in [2.45, 2.75) is 24.3 Å². The predicted octanol–water partition coefficient (Wildman–Crippen LogP) is 2.09. The molecule has 1 aromatic carbocycles. The Labute approximate surface area is 126 Å². The molecular weight excluding hydrogens is 292 g/mol. The Bertz CT molecular complexity index is 536. The van der Waals surface area contributed by atoms with Crippen molar-refractivity contribution in [3.8, 4) is 0 Å². The fourth-order valence-corrected chi connectivity index (χ4v) is 5.07. The molecule has 1 atom stereocenters. The Balaban J connectivity index is 2.29. The molecule has 0 bridgehead atoms. The van der Waals surface area contributed by atoms with Crippen molar-refractivity contribution in [2.24, 2.45) is 0 Å². The van der Waals surface area contributed by atoms with E-state index in [1.54, 1.807) is 10.4 Å². The summed E-state index contributed by atoms with van der Waals surface area (Å²) >= 11 is 1.81. The molecule has 6 heteroatoms. The van der Waals surface area contributed by atoms with Crippen molar-refractivity contribution >= 4 is 21.8 Å². The molecule has 1 unspecified atom stereocenters. The van der Waals surface area contributed by atoms with Crippen LogP contribution in [-0.4, -0.2) is 44.4 Å². The lowest BCUT2D eigenvalue weighted by Gasteiger charge is -2.26. The maximum absolute atomic E-state index is 12.6. The van der Waals surface area contributed by atoms with Gasteiger partial charge in [-0.1, -0.05) is 19.1 Å². The maximum Gasteiger partial charge on any atom is 0.243 e. The summed E-state index contributed by atoms with van der Waals surface area (Å²) in [7, 11) is -1.44. The van der Waals surface area contributed by atoms with Gasteiger partial charge in [0, 0.05) is 30.6 Å². The van der Waals surface area contributed by atoms with Crippen molar-refractivity contribution in [3.05, 3.63) is 29.8 Å². The number of hydrogen-bond acceptors (Lipinski definition) is 4. The minimum atomic E-state index is -3.34. The number of nitrogens with zero attached hydrogens (tertiary/aromatic N) is 1. The molecule has 2 rings (SSSR count). The molecule has 1 aromatic rings. The van der Waals surface area contributed by atoms with Crippen molar-refractivity contribution < 1.29 is 8.42 Å². The van der Waals surface area contributed by atoms with E-state index in [1.807, 2.05) is 37.0 Å². The Morgan fingerprint density at radius 1 is 1.35 bits per heavy atom. The fraction of sp³-hybridized carbons (Fsp3) is 0.571. The molecule has 0 saturated carbocycles. The molecule has 1 heterocycles. The molecule has 0 radical (unpaired) electrons. The average molecular weight is 314 g/mol. The molecule has 1 fully saturated rings. The second kappa shape index (κ2) is 6.93. The lowest BCUT2D eigenvalue weighted by molar-refractivity contribution is 0.443. The normalized spacial score (nSPS) is 18.9. The van der Waals surface area contributed by atoms with Gasteiger partial charge in [-0.2, -0.15) is 16.1 Å². The van der Waals surface area contributed by atoms with E-state index in [-0.39, 0.29) is 6.04 Å². The summed E-state index contributed by atoms with van der Waals surface area (Å²) < 4.78 is 26.9. The van der Waals surface area contributed by atoms with Crippen molar-refractivity contribution in [1.29, 1.82) is 0 Å². The minimum Gasteiger partial charge on any atom is -0.313 e. The molecule has 0 amide bonds. The highest BCUT2D eigenvalue weighted by atomic mass is 32.2. The van der Waals surface area contributed by atoms with Crippen LogP contribution in [0.5, 0.6) is 0 Å². The summed E-state index contributed by atoms with van der Waals surface area (Å²) in [6, 6.07) is 7.52. The highest BCUT2D eigenvalue weighted by Gasteiger charge is 2.26. The number of benzene rings is 1. The predicted molar refractivity (Wildman–Crippen MR) is 84.6 cm³/mol. The number of rotatable bonds is 5. The van der Waals surface area contributed by atoms with Gasteiger partial charge in [-0.05, 0) is 31.2 Å². The molecule has 112 valence electrons. The highest BCUT2D eigenvalue weighted by Crippen LogP contribution is 2.24. The molecule has 20 heavy (non-hydrogen) atoms. The van der Waals surface area contributed by atoms with Crippen LogP contribution in [0.15, 0.2) is 29.2 Å². The van der Waals surface area contributed by atoms with Gasteiger partial charge in [0.25, 0.3) is 0 Å². The van der Waals surface area contributed by atoms with Gasteiger partial charge in [-0.3, -0.25) is 0 Å². The zero-order chi connectivity index (χ0) is 14.6.